The fraction of sp³-hybridized carbons (Fsp3) is 1.00. The maximum absolute atomic E-state index is 3.54. The van der Waals surface area contributed by atoms with Crippen molar-refractivity contribution < 1.29 is 0 Å². The van der Waals surface area contributed by atoms with Crippen LogP contribution >= 0.6 is 0 Å². The molecule has 2 aliphatic rings. The van der Waals surface area contributed by atoms with Crippen LogP contribution in [0.3, 0.4) is 0 Å². The fourth-order valence-corrected chi connectivity index (χ4v) is 4.11. The molecule has 19 heavy (non-hydrogen) atoms. The number of fused-ring (bicyclic) bond motifs is 2. The van der Waals surface area contributed by atoms with Gasteiger partial charge in [-0.1, -0.05) is 20.3 Å². The Labute approximate surface area is 120 Å². The molecule has 112 valence electrons. The lowest BCUT2D eigenvalue weighted by atomic mass is 9.88. The van der Waals surface area contributed by atoms with Crippen LogP contribution in [0.4, 0.5) is 0 Å². The van der Waals surface area contributed by atoms with Gasteiger partial charge in [-0.25, -0.2) is 0 Å². The normalized spacial score (nSPS) is 29.8. The number of nitrogens with one attached hydrogen (secondary N) is 1. The van der Waals surface area contributed by atoms with Crippen molar-refractivity contribution in [2.24, 2.45) is 23.7 Å². The lowest BCUT2D eigenvalue weighted by Gasteiger charge is -2.27. The maximum atomic E-state index is 3.54. The largest absolute Gasteiger partial charge is 0.316 e. The van der Waals surface area contributed by atoms with Gasteiger partial charge in [-0.2, -0.15) is 0 Å². The summed E-state index contributed by atoms with van der Waals surface area (Å²) in [5.74, 6) is 3.99. The first kappa shape index (κ1) is 15.3. The molecular formula is C17H34N2. The molecule has 0 aromatic carbocycles. The number of rotatable bonds is 9. The molecule has 2 saturated carbocycles. The number of nitrogens with zero attached hydrogens (tertiary/aromatic N) is 1. The number of unbranched alkanes of at least 4 members (excludes halogenated alkanes) is 1. The lowest BCUT2D eigenvalue weighted by Crippen LogP contribution is -2.30. The van der Waals surface area contributed by atoms with E-state index in [0.29, 0.717) is 0 Å². The van der Waals surface area contributed by atoms with E-state index in [1.807, 2.05) is 0 Å². The molecule has 0 aliphatic heterocycles. The van der Waals surface area contributed by atoms with Crippen LogP contribution in [0.5, 0.6) is 0 Å². The maximum Gasteiger partial charge on any atom is 0.000936 e. The van der Waals surface area contributed by atoms with Crippen LogP contribution in [-0.4, -0.2) is 38.1 Å². The van der Waals surface area contributed by atoms with Crippen molar-refractivity contribution in [3.05, 3.63) is 0 Å². The number of hydrogen-bond donors (Lipinski definition) is 1. The molecule has 3 atom stereocenters. The van der Waals surface area contributed by atoms with E-state index in [4.69, 9.17) is 0 Å². The third kappa shape index (κ3) is 5.07. The van der Waals surface area contributed by atoms with Gasteiger partial charge in [0.25, 0.3) is 0 Å². The average Bonchev–Trinajstić information content (AvgIpc) is 2.95. The van der Waals surface area contributed by atoms with E-state index in [1.165, 1.54) is 58.3 Å². The van der Waals surface area contributed by atoms with Crippen LogP contribution in [0.2, 0.25) is 0 Å². The highest BCUT2D eigenvalue weighted by Crippen LogP contribution is 2.48. The van der Waals surface area contributed by atoms with E-state index in [9.17, 15) is 0 Å². The zero-order chi connectivity index (χ0) is 13.7. The van der Waals surface area contributed by atoms with Crippen molar-refractivity contribution in [3.8, 4) is 0 Å². The molecule has 0 radical (unpaired) electrons. The number of hydrogen-bond acceptors (Lipinski definition) is 2. The molecule has 2 bridgehead atoms. The van der Waals surface area contributed by atoms with Crippen LogP contribution in [-0.2, 0) is 0 Å². The summed E-state index contributed by atoms with van der Waals surface area (Å²) < 4.78 is 0. The Bertz CT molecular complexity index is 252. The Morgan fingerprint density at radius 1 is 1.16 bits per heavy atom. The van der Waals surface area contributed by atoms with Crippen molar-refractivity contribution in [1.29, 1.82) is 0 Å². The highest BCUT2D eigenvalue weighted by atomic mass is 15.1. The van der Waals surface area contributed by atoms with Crippen LogP contribution < -0.4 is 5.32 Å². The molecule has 0 amide bonds. The molecule has 0 aromatic rings. The quantitative estimate of drug-likeness (QED) is 0.644. The molecule has 0 spiro atoms. The molecule has 0 heterocycles. The van der Waals surface area contributed by atoms with E-state index in [0.717, 1.165) is 23.7 Å². The van der Waals surface area contributed by atoms with E-state index < -0.39 is 0 Å². The van der Waals surface area contributed by atoms with Gasteiger partial charge in [0.1, 0.15) is 0 Å². The second kappa shape index (κ2) is 7.64. The minimum Gasteiger partial charge on any atom is -0.316 e. The Morgan fingerprint density at radius 2 is 2.00 bits per heavy atom. The summed E-state index contributed by atoms with van der Waals surface area (Å²) >= 11 is 0. The summed E-state index contributed by atoms with van der Waals surface area (Å²) in [5, 5.41) is 3.54. The molecule has 2 fully saturated rings. The van der Waals surface area contributed by atoms with Gasteiger partial charge >= 0.3 is 0 Å². The molecule has 2 aliphatic carbocycles. The lowest BCUT2D eigenvalue weighted by molar-refractivity contribution is 0.217. The third-order valence-corrected chi connectivity index (χ3v) is 5.13. The Kier molecular flexibility index (Phi) is 6.15. The van der Waals surface area contributed by atoms with Gasteiger partial charge in [-0.3, -0.25) is 0 Å². The summed E-state index contributed by atoms with van der Waals surface area (Å²) in [6.07, 6.45) is 8.83. The Hall–Kier alpha value is -0.0800. The summed E-state index contributed by atoms with van der Waals surface area (Å²) in [7, 11) is 2.33. The molecule has 0 aromatic heterocycles. The van der Waals surface area contributed by atoms with Crippen molar-refractivity contribution in [2.45, 2.75) is 52.4 Å². The van der Waals surface area contributed by atoms with Gasteiger partial charge in [0, 0.05) is 6.54 Å². The first-order valence-corrected chi connectivity index (χ1v) is 8.54. The minimum atomic E-state index is 0.778. The predicted octanol–water partition coefficient (Wildman–Crippen LogP) is 3.38. The second-order valence-electron chi connectivity index (χ2n) is 7.50. The van der Waals surface area contributed by atoms with Crippen molar-refractivity contribution >= 4 is 0 Å². The van der Waals surface area contributed by atoms with Crippen LogP contribution in [0.25, 0.3) is 0 Å². The van der Waals surface area contributed by atoms with Gasteiger partial charge < -0.3 is 10.2 Å². The SMILES string of the molecule is CC(C)CNCCCCN(C)CC1CC2CCC1C2. The van der Waals surface area contributed by atoms with Gasteiger partial charge in [0.05, 0.1) is 0 Å². The van der Waals surface area contributed by atoms with Crippen molar-refractivity contribution in [2.75, 3.05) is 33.2 Å². The van der Waals surface area contributed by atoms with Crippen LogP contribution in [0, 0.1) is 23.7 Å². The van der Waals surface area contributed by atoms with E-state index in [1.54, 1.807) is 6.42 Å². The van der Waals surface area contributed by atoms with E-state index in [-0.39, 0.29) is 0 Å². The van der Waals surface area contributed by atoms with Crippen molar-refractivity contribution in [1.82, 2.24) is 10.2 Å². The Balaban J connectivity index is 1.47. The van der Waals surface area contributed by atoms with E-state index >= 15 is 0 Å². The monoisotopic (exact) mass is 266 g/mol. The zero-order valence-corrected chi connectivity index (χ0v) is 13.3. The molecule has 2 rings (SSSR count). The van der Waals surface area contributed by atoms with Gasteiger partial charge in [-0.15, -0.1) is 0 Å². The average molecular weight is 266 g/mol. The molecule has 2 nitrogen and oxygen atoms in total. The summed E-state index contributed by atoms with van der Waals surface area (Å²) in [6.45, 7) is 9.56. The first-order valence-electron chi connectivity index (χ1n) is 8.54. The van der Waals surface area contributed by atoms with Crippen LogP contribution in [0.1, 0.15) is 52.4 Å². The third-order valence-electron chi connectivity index (χ3n) is 5.13. The highest BCUT2D eigenvalue weighted by molar-refractivity contribution is 4.90. The Morgan fingerprint density at radius 3 is 2.63 bits per heavy atom. The standard InChI is InChI=1S/C17H34N2/c1-14(2)12-18-8-4-5-9-19(3)13-17-11-15-6-7-16(17)10-15/h14-18H,4-13H2,1-3H3. The predicted molar refractivity (Wildman–Crippen MR) is 83.4 cm³/mol. The highest BCUT2D eigenvalue weighted by Gasteiger charge is 2.39. The van der Waals surface area contributed by atoms with Gasteiger partial charge in [0.2, 0.25) is 0 Å². The zero-order valence-electron chi connectivity index (χ0n) is 13.3. The van der Waals surface area contributed by atoms with E-state index in [2.05, 4.69) is 31.1 Å². The molecule has 0 saturated heterocycles. The minimum absolute atomic E-state index is 0.778. The molecular weight excluding hydrogens is 232 g/mol. The summed E-state index contributed by atoms with van der Waals surface area (Å²) in [6, 6.07) is 0. The van der Waals surface area contributed by atoms with Crippen molar-refractivity contribution in [3.63, 3.8) is 0 Å². The van der Waals surface area contributed by atoms with Crippen LogP contribution in [0.15, 0.2) is 0 Å². The second-order valence-corrected chi connectivity index (χ2v) is 7.50. The molecule has 3 unspecified atom stereocenters. The molecule has 2 heteroatoms. The van der Waals surface area contributed by atoms with Gasteiger partial charge in [-0.05, 0) is 82.5 Å². The fourth-order valence-electron chi connectivity index (χ4n) is 4.11. The topological polar surface area (TPSA) is 15.3 Å². The van der Waals surface area contributed by atoms with Gasteiger partial charge in [0.15, 0.2) is 0 Å². The smallest absolute Gasteiger partial charge is 0.000936 e. The molecule has 1 N–H and O–H groups in total. The first-order chi connectivity index (χ1) is 9.15. The summed E-state index contributed by atoms with van der Waals surface area (Å²) in [5.41, 5.74) is 0. The summed E-state index contributed by atoms with van der Waals surface area (Å²) in [4.78, 5) is 2.59.